The van der Waals surface area contributed by atoms with E-state index in [1.54, 1.807) is 43.4 Å². The molecule has 168 valence electrons. The van der Waals surface area contributed by atoms with Gasteiger partial charge < -0.3 is 5.32 Å². The van der Waals surface area contributed by atoms with Gasteiger partial charge in [-0.3, -0.25) is 9.52 Å². The quantitative estimate of drug-likeness (QED) is 0.343. The predicted molar refractivity (Wildman–Crippen MR) is 134 cm³/mol. The van der Waals surface area contributed by atoms with Crippen molar-refractivity contribution >= 4 is 61.8 Å². The molecule has 4 rings (SSSR count). The van der Waals surface area contributed by atoms with E-state index in [0.717, 1.165) is 9.75 Å². The van der Waals surface area contributed by atoms with Gasteiger partial charge in [-0.1, -0.05) is 12.1 Å². The van der Waals surface area contributed by atoms with Gasteiger partial charge in [-0.25, -0.2) is 18.4 Å². The van der Waals surface area contributed by atoms with E-state index in [4.69, 9.17) is 0 Å². The minimum Gasteiger partial charge on any atom is -0.322 e. The van der Waals surface area contributed by atoms with Crippen LogP contribution in [0.4, 0.5) is 11.5 Å². The van der Waals surface area contributed by atoms with Crippen molar-refractivity contribution in [1.29, 1.82) is 0 Å². The van der Waals surface area contributed by atoms with Crippen LogP contribution in [0.15, 0.2) is 70.3 Å². The van der Waals surface area contributed by atoms with Crippen LogP contribution in [0.5, 0.6) is 0 Å². The Morgan fingerprint density at radius 2 is 1.70 bits per heavy atom. The lowest BCUT2D eigenvalue weighted by Crippen LogP contribution is -2.15. The van der Waals surface area contributed by atoms with E-state index in [1.807, 2.05) is 41.1 Å². The van der Waals surface area contributed by atoms with Gasteiger partial charge >= 0.3 is 0 Å². The van der Waals surface area contributed by atoms with Gasteiger partial charge in [0, 0.05) is 27.2 Å². The summed E-state index contributed by atoms with van der Waals surface area (Å²) in [6, 6.07) is 15.2. The van der Waals surface area contributed by atoms with Gasteiger partial charge in [0.1, 0.15) is 11.6 Å². The molecule has 1 amide bonds. The Kier molecular flexibility index (Phi) is 6.68. The van der Waals surface area contributed by atoms with E-state index >= 15 is 0 Å². The topological polar surface area (TPSA) is 101 Å². The molecule has 0 aliphatic rings. The minimum atomic E-state index is -3.84. The summed E-state index contributed by atoms with van der Waals surface area (Å²) in [6.07, 6.45) is 1.85. The molecule has 2 N–H and O–H groups in total. The number of benzene rings is 1. The summed E-state index contributed by atoms with van der Waals surface area (Å²) in [5.41, 5.74) is 1.69. The van der Waals surface area contributed by atoms with E-state index in [0.29, 0.717) is 22.8 Å². The highest BCUT2D eigenvalue weighted by Gasteiger charge is 2.17. The monoisotopic (exact) mass is 496 g/mol. The first kappa shape index (κ1) is 22.8. The van der Waals surface area contributed by atoms with Gasteiger partial charge in [0.25, 0.3) is 15.9 Å². The van der Waals surface area contributed by atoms with Crippen LogP contribution >= 0.6 is 22.7 Å². The van der Waals surface area contributed by atoms with E-state index < -0.39 is 10.0 Å². The maximum Gasteiger partial charge on any atom is 0.263 e. The Balaban J connectivity index is 1.52. The summed E-state index contributed by atoms with van der Waals surface area (Å²) in [5.74, 6) is 0.408. The largest absolute Gasteiger partial charge is 0.322 e. The van der Waals surface area contributed by atoms with E-state index in [1.165, 1.54) is 23.5 Å². The molecule has 0 fully saturated rings. The number of carbonyl (C=O) groups is 1. The van der Waals surface area contributed by atoms with Crippen LogP contribution in [-0.4, -0.2) is 24.3 Å². The predicted octanol–water partition coefficient (Wildman–Crippen LogP) is 5.20. The van der Waals surface area contributed by atoms with Crippen molar-refractivity contribution < 1.29 is 13.2 Å². The zero-order chi connectivity index (χ0) is 23.4. The van der Waals surface area contributed by atoms with Gasteiger partial charge in [0.05, 0.1) is 10.5 Å². The van der Waals surface area contributed by atoms with Crippen molar-refractivity contribution in [2.45, 2.75) is 18.7 Å². The number of nitrogens with one attached hydrogen (secondary N) is 2. The molecular formula is C23H20N4O3S3. The minimum absolute atomic E-state index is 0.0574. The average molecular weight is 497 g/mol. The highest BCUT2D eigenvalue weighted by atomic mass is 32.2. The number of hydrogen-bond donors (Lipinski definition) is 2. The maximum absolute atomic E-state index is 13.0. The number of sulfonamides is 1. The number of aryl methyl sites for hydroxylation is 2. The Morgan fingerprint density at radius 3 is 2.33 bits per heavy atom. The molecule has 3 aromatic heterocycles. The van der Waals surface area contributed by atoms with E-state index in [9.17, 15) is 13.2 Å². The molecule has 0 saturated carbocycles. The van der Waals surface area contributed by atoms with Crippen molar-refractivity contribution in [3.05, 3.63) is 86.6 Å². The molecule has 10 heteroatoms. The maximum atomic E-state index is 13.0. The van der Waals surface area contributed by atoms with Crippen LogP contribution in [0.25, 0.3) is 11.6 Å². The van der Waals surface area contributed by atoms with Crippen molar-refractivity contribution in [3.63, 3.8) is 0 Å². The number of nitrogens with zero attached hydrogens (tertiary/aromatic N) is 2. The molecule has 33 heavy (non-hydrogen) atoms. The van der Waals surface area contributed by atoms with E-state index in [-0.39, 0.29) is 16.6 Å². The Labute approximate surface area is 199 Å². The molecular weight excluding hydrogens is 476 g/mol. The van der Waals surface area contributed by atoms with Gasteiger partial charge in [-0.2, -0.15) is 0 Å². The second-order valence-electron chi connectivity index (χ2n) is 7.08. The van der Waals surface area contributed by atoms with Crippen LogP contribution in [0.3, 0.4) is 0 Å². The Morgan fingerprint density at radius 1 is 0.970 bits per heavy atom. The summed E-state index contributed by atoms with van der Waals surface area (Å²) in [5, 5.41) is 6.72. The SMILES string of the molecule is Cc1cc(NS(=O)(=O)c2ccc(NC(=O)/C(=C/c3cccs3)c3cccs3)cc2)nc(C)n1. The fourth-order valence-electron chi connectivity index (χ4n) is 3.08. The highest BCUT2D eigenvalue weighted by molar-refractivity contribution is 7.92. The van der Waals surface area contributed by atoms with Crippen molar-refractivity contribution in [2.24, 2.45) is 0 Å². The zero-order valence-corrected chi connectivity index (χ0v) is 20.2. The van der Waals surface area contributed by atoms with Crippen molar-refractivity contribution in [2.75, 3.05) is 10.0 Å². The lowest BCUT2D eigenvalue weighted by molar-refractivity contribution is -0.111. The average Bonchev–Trinajstić information content (AvgIpc) is 3.45. The number of hydrogen-bond acceptors (Lipinski definition) is 7. The van der Waals surface area contributed by atoms with Gasteiger partial charge in [-0.05, 0) is 67.1 Å². The smallest absolute Gasteiger partial charge is 0.263 e. The van der Waals surface area contributed by atoms with Crippen molar-refractivity contribution in [3.8, 4) is 0 Å². The zero-order valence-electron chi connectivity index (χ0n) is 17.8. The Bertz CT molecular complexity index is 1370. The van der Waals surface area contributed by atoms with Gasteiger partial charge in [0.2, 0.25) is 0 Å². The van der Waals surface area contributed by atoms with Crippen LogP contribution in [0.1, 0.15) is 21.3 Å². The molecule has 7 nitrogen and oxygen atoms in total. The van der Waals surface area contributed by atoms with Crippen molar-refractivity contribution in [1.82, 2.24) is 9.97 Å². The van der Waals surface area contributed by atoms with Gasteiger partial charge in [-0.15, -0.1) is 22.7 Å². The first-order chi connectivity index (χ1) is 15.8. The number of anilines is 2. The number of aromatic nitrogens is 2. The standard InChI is InChI=1S/C23H20N4O3S3/c1-15-13-22(25-16(2)24-15)27-33(29,30)19-9-7-17(8-10-19)26-23(28)20(21-6-4-12-32-21)14-18-5-3-11-31-18/h3-14H,1-2H3,(H,26,28)(H,24,25,27)/b20-14+. The molecule has 0 aliphatic heterocycles. The summed E-state index contributed by atoms with van der Waals surface area (Å²) < 4.78 is 27.9. The fraction of sp³-hybridized carbons (Fsp3) is 0.0870. The van der Waals surface area contributed by atoms with Crippen LogP contribution in [-0.2, 0) is 14.8 Å². The molecule has 0 radical (unpaired) electrons. The summed E-state index contributed by atoms with van der Waals surface area (Å²) in [4.78, 5) is 23.1. The molecule has 1 aromatic carbocycles. The molecule has 0 bridgehead atoms. The Hall–Kier alpha value is -3.34. The molecule has 0 atom stereocenters. The summed E-state index contributed by atoms with van der Waals surface area (Å²) >= 11 is 3.02. The molecule has 0 aliphatic carbocycles. The normalized spacial score (nSPS) is 11.9. The second kappa shape index (κ2) is 9.65. The van der Waals surface area contributed by atoms with Crippen LogP contribution in [0.2, 0.25) is 0 Å². The molecule has 4 aromatic rings. The first-order valence-corrected chi connectivity index (χ1v) is 13.1. The highest BCUT2D eigenvalue weighted by Crippen LogP contribution is 2.26. The lowest BCUT2D eigenvalue weighted by Gasteiger charge is -2.10. The summed E-state index contributed by atoms with van der Waals surface area (Å²) in [6.45, 7) is 3.46. The third kappa shape index (κ3) is 5.72. The number of rotatable bonds is 7. The number of amides is 1. The van der Waals surface area contributed by atoms with E-state index in [2.05, 4.69) is 20.0 Å². The van der Waals surface area contributed by atoms with Crippen LogP contribution < -0.4 is 10.0 Å². The number of thiophene rings is 2. The molecule has 3 heterocycles. The van der Waals surface area contributed by atoms with Crippen LogP contribution in [0, 0.1) is 13.8 Å². The second-order valence-corrected chi connectivity index (χ2v) is 10.7. The van der Waals surface area contributed by atoms with Gasteiger partial charge in [0.15, 0.2) is 0 Å². The molecule has 0 unspecified atom stereocenters. The lowest BCUT2D eigenvalue weighted by atomic mass is 10.1. The summed E-state index contributed by atoms with van der Waals surface area (Å²) in [7, 11) is -3.84. The first-order valence-electron chi connectivity index (χ1n) is 9.86. The third-order valence-corrected chi connectivity index (χ3v) is 7.58. The third-order valence-electron chi connectivity index (χ3n) is 4.49. The fourth-order valence-corrected chi connectivity index (χ4v) is 5.47. The molecule has 0 spiro atoms. The number of carbonyl (C=O) groups excluding carboxylic acids is 1. The molecule has 0 saturated heterocycles.